The summed E-state index contributed by atoms with van der Waals surface area (Å²) in [5.74, 6) is 0. The number of nitrogen functional groups attached to an aromatic ring is 1. The number of nitrogens with two attached hydrogens (primary N) is 1. The minimum absolute atomic E-state index is 0.0955. The number of fused-ring (bicyclic) bond motifs is 2. The molecule has 0 aliphatic carbocycles. The number of anilines is 1. The van der Waals surface area contributed by atoms with Crippen LogP contribution in [0.4, 0.5) is 11.4 Å². The molecular formula is C24H20N6O2S2. The van der Waals surface area contributed by atoms with Crippen LogP contribution in [0.1, 0.15) is 0 Å². The Bertz CT molecular complexity index is 1640. The van der Waals surface area contributed by atoms with Gasteiger partial charge in [0.15, 0.2) is 0 Å². The standard InChI is InChI=1S/C12H9N3O2S.C12H11N3S/c1-14-6-2-3-10(14)12-9-7-8(15(16)17)4-5-11(9)18-13-12;1-15-6-2-3-10(15)12-9-7-8(13)4-5-11(9)16-14-12/h2-7H,1H3;2-7H,13H2,1H3. The van der Waals surface area contributed by atoms with Crippen LogP contribution in [0.2, 0.25) is 0 Å². The quantitative estimate of drug-likeness (QED) is 0.184. The first-order chi connectivity index (χ1) is 16.4. The molecule has 0 radical (unpaired) electrons. The van der Waals surface area contributed by atoms with Crippen LogP contribution in [-0.4, -0.2) is 22.8 Å². The van der Waals surface area contributed by atoms with Gasteiger partial charge in [0.25, 0.3) is 5.69 Å². The van der Waals surface area contributed by atoms with E-state index in [2.05, 4.69) is 19.4 Å². The Hall–Kier alpha value is -4.02. The van der Waals surface area contributed by atoms with E-state index in [1.807, 2.05) is 67.5 Å². The molecule has 34 heavy (non-hydrogen) atoms. The van der Waals surface area contributed by atoms with Crippen molar-refractivity contribution < 1.29 is 4.92 Å². The molecule has 4 heterocycles. The fourth-order valence-corrected chi connectivity index (χ4v) is 5.31. The minimum Gasteiger partial charge on any atom is -0.399 e. The number of hydrogen-bond donors (Lipinski definition) is 1. The first-order valence-electron chi connectivity index (χ1n) is 10.3. The lowest BCUT2D eigenvalue weighted by atomic mass is 10.1. The third-order valence-electron chi connectivity index (χ3n) is 5.53. The average Bonchev–Trinajstić information content (AvgIpc) is 3.60. The van der Waals surface area contributed by atoms with Crippen LogP contribution in [0.15, 0.2) is 73.1 Å². The monoisotopic (exact) mass is 488 g/mol. The van der Waals surface area contributed by atoms with Crippen LogP contribution < -0.4 is 5.73 Å². The fraction of sp³-hybridized carbons (Fsp3) is 0.0833. The maximum absolute atomic E-state index is 10.8. The first-order valence-corrected chi connectivity index (χ1v) is 11.9. The predicted molar refractivity (Wildman–Crippen MR) is 139 cm³/mol. The van der Waals surface area contributed by atoms with E-state index in [1.54, 1.807) is 12.1 Å². The Balaban J connectivity index is 0.000000142. The average molecular weight is 489 g/mol. The molecule has 2 N–H and O–H groups in total. The Kier molecular flexibility index (Phi) is 5.60. The van der Waals surface area contributed by atoms with Gasteiger partial charge in [0.1, 0.15) is 11.4 Å². The topological polar surface area (TPSA) is 105 Å². The first kappa shape index (κ1) is 21.8. The third kappa shape index (κ3) is 3.93. The van der Waals surface area contributed by atoms with E-state index in [4.69, 9.17) is 5.73 Å². The highest BCUT2D eigenvalue weighted by Gasteiger charge is 2.15. The van der Waals surface area contributed by atoms with Gasteiger partial charge in [-0.05, 0) is 71.6 Å². The Morgan fingerprint density at radius 2 is 1.35 bits per heavy atom. The lowest BCUT2D eigenvalue weighted by Crippen LogP contribution is -1.90. The van der Waals surface area contributed by atoms with Crippen LogP contribution in [0.5, 0.6) is 0 Å². The number of nitro benzene ring substituents is 1. The summed E-state index contributed by atoms with van der Waals surface area (Å²) in [7, 11) is 3.95. The van der Waals surface area contributed by atoms with Crippen molar-refractivity contribution in [2.75, 3.05) is 5.73 Å². The fourth-order valence-electron chi connectivity index (χ4n) is 3.78. The summed E-state index contributed by atoms with van der Waals surface area (Å²) >= 11 is 2.87. The summed E-state index contributed by atoms with van der Waals surface area (Å²) in [6.07, 6.45) is 3.95. The third-order valence-corrected chi connectivity index (χ3v) is 7.18. The summed E-state index contributed by atoms with van der Waals surface area (Å²) in [5.41, 5.74) is 10.6. The van der Waals surface area contributed by atoms with E-state index >= 15 is 0 Å². The zero-order chi connectivity index (χ0) is 23.8. The van der Waals surface area contributed by atoms with Gasteiger partial charge < -0.3 is 14.9 Å². The van der Waals surface area contributed by atoms with E-state index in [9.17, 15) is 10.1 Å². The highest BCUT2D eigenvalue weighted by molar-refractivity contribution is 7.14. The van der Waals surface area contributed by atoms with Gasteiger partial charge in [0, 0.05) is 55.1 Å². The lowest BCUT2D eigenvalue weighted by Gasteiger charge is -2.00. The van der Waals surface area contributed by atoms with E-state index in [0.29, 0.717) is 0 Å². The van der Waals surface area contributed by atoms with Crippen molar-refractivity contribution in [2.45, 2.75) is 0 Å². The van der Waals surface area contributed by atoms with Crippen LogP contribution in [0.3, 0.4) is 0 Å². The number of nitro groups is 1. The molecule has 0 aliphatic heterocycles. The number of benzene rings is 2. The number of rotatable bonds is 3. The van der Waals surface area contributed by atoms with Crippen molar-refractivity contribution in [3.05, 3.63) is 83.2 Å². The van der Waals surface area contributed by atoms with Gasteiger partial charge in [0.2, 0.25) is 0 Å². The molecule has 0 amide bonds. The van der Waals surface area contributed by atoms with Gasteiger partial charge in [0.05, 0.1) is 25.7 Å². The second-order valence-corrected chi connectivity index (χ2v) is 9.37. The molecule has 0 atom stereocenters. The maximum Gasteiger partial charge on any atom is 0.270 e. The Morgan fingerprint density at radius 3 is 1.85 bits per heavy atom. The summed E-state index contributed by atoms with van der Waals surface area (Å²) in [6.45, 7) is 0. The van der Waals surface area contributed by atoms with Crippen molar-refractivity contribution in [1.29, 1.82) is 0 Å². The second-order valence-electron chi connectivity index (χ2n) is 7.76. The largest absolute Gasteiger partial charge is 0.399 e. The number of hydrogen-bond acceptors (Lipinski definition) is 7. The lowest BCUT2D eigenvalue weighted by molar-refractivity contribution is -0.384. The molecule has 10 heteroatoms. The van der Waals surface area contributed by atoms with Crippen LogP contribution >= 0.6 is 23.1 Å². The van der Waals surface area contributed by atoms with Crippen molar-refractivity contribution in [1.82, 2.24) is 17.9 Å². The number of non-ortho nitro benzene ring substituents is 1. The number of nitrogens with zero attached hydrogens (tertiary/aromatic N) is 5. The molecule has 0 saturated carbocycles. The molecule has 0 unspecified atom stereocenters. The molecule has 0 saturated heterocycles. The number of aryl methyl sites for hydroxylation is 2. The van der Waals surface area contributed by atoms with Gasteiger partial charge >= 0.3 is 0 Å². The Labute approximate surface area is 203 Å². The highest BCUT2D eigenvalue weighted by atomic mass is 32.1. The van der Waals surface area contributed by atoms with Crippen molar-refractivity contribution in [3.8, 4) is 22.8 Å². The van der Waals surface area contributed by atoms with E-state index < -0.39 is 0 Å². The van der Waals surface area contributed by atoms with E-state index in [1.165, 1.54) is 33.8 Å². The normalized spacial score (nSPS) is 11.0. The van der Waals surface area contributed by atoms with Crippen molar-refractivity contribution in [2.24, 2.45) is 14.1 Å². The highest BCUT2D eigenvalue weighted by Crippen LogP contribution is 2.33. The maximum atomic E-state index is 10.8. The van der Waals surface area contributed by atoms with E-state index in [0.717, 1.165) is 43.9 Å². The van der Waals surface area contributed by atoms with Crippen molar-refractivity contribution in [3.63, 3.8) is 0 Å². The molecule has 6 rings (SSSR count). The SMILES string of the molecule is Cn1cccc1-c1nsc2ccc(N)cc12.Cn1cccc1-c1nsc2ccc([N+](=O)[O-])cc12. The van der Waals surface area contributed by atoms with Crippen LogP contribution in [0, 0.1) is 10.1 Å². The van der Waals surface area contributed by atoms with E-state index in [-0.39, 0.29) is 10.6 Å². The predicted octanol–water partition coefficient (Wildman–Crippen LogP) is 6.09. The molecular weight excluding hydrogens is 468 g/mol. The van der Waals surface area contributed by atoms with Gasteiger partial charge in [-0.25, -0.2) is 0 Å². The van der Waals surface area contributed by atoms with Gasteiger partial charge in [-0.2, -0.15) is 8.75 Å². The van der Waals surface area contributed by atoms with Crippen LogP contribution in [0.25, 0.3) is 42.9 Å². The summed E-state index contributed by atoms with van der Waals surface area (Å²) in [5, 5.41) is 12.8. The molecule has 0 spiro atoms. The summed E-state index contributed by atoms with van der Waals surface area (Å²) in [6, 6.07) is 18.7. The molecule has 2 aromatic carbocycles. The molecule has 170 valence electrons. The summed E-state index contributed by atoms with van der Waals surface area (Å²) < 4.78 is 15.0. The molecule has 4 aromatic heterocycles. The molecule has 0 fully saturated rings. The smallest absolute Gasteiger partial charge is 0.270 e. The Morgan fingerprint density at radius 1 is 0.824 bits per heavy atom. The van der Waals surface area contributed by atoms with Gasteiger partial charge in [-0.1, -0.05) is 0 Å². The number of aromatic nitrogens is 4. The van der Waals surface area contributed by atoms with Gasteiger partial charge in [-0.15, -0.1) is 0 Å². The van der Waals surface area contributed by atoms with Crippen LogP contribution in [-0.2, 0) is 14.1 Å². The molecule has 0 bridgehead atoms. The van der Waals surface area contributed by atoms with Gasteiger partial charge in [-0.3, -0.25) is 10.1 Å². The zero-order valence-corrected chi connectivity index (χ0v) is 20.0. The molecule has 8 nitrogen and oxygen atoms in total. The van der Waals surface area contributed by atoms with Crippen molar-refractivity contribution >= 4 is 54.6 Å². The molecule has 6 aromatic rings. The molecule has 0 aliphatic rings. The second kappa shape index (κ2) is 8.73. The zero-order valence-electron chi connectivity index (χ0n) is 18.4. The summed E-state index contributed by atoms with van der Waals surface area (Å²) in [4.78, 5) is 10.4. The minimum atomic E-state index is -0.383.